The maximum Gasteiger partial charge on any atom is 0.258 e. The molecule has 0 spiro atoms. The van der Waals surface area contributed by atoms with Gasteiger partial charge in [0.15, 0.2) is 0 Å². The third-order valence-electron chi connectivity index (χ3n) is 7.53. The quantitative estimate of drug-likeness (QED) is 0.152. The summed E-state index contributed by atoms with van der Waals surface area (Å²) in [6, 6.07) is 33.0. The molecule has 0 fully saturated rings. The summed E-state index contributed by atoms with van der Waals surface area (Å²) in [4.78, 5) is 3.70. The third kappa shape index (κ3) is 6.51. The average Bonchev–Trinajstić information content (AvgIpc) is 3.35. The lowest BCUT2D eigenvalue weighted by Crippen LogP contribution is -2.44. The maximum atomic E-state index is 3.70. The molecule has 0 aliphatic rings. The van der Waals surface area contributed by atoms with Crippen LogP contribution in [-0.2, 0) is 18.4 Å². The van der Waals surface area contributed by atoms with E-state index in [1.807, 2.05) is 0 Å². The van der Waals surface area contributed by atoms with Crippen LogP contribution >= 0.6 is 0 Å². The predicted molar refractivity (Wildman–Crippen MR) is 147 cm³/mol. The number of imidazole rings is 1. The first kappa shape index (κ1) is 25.0. The van der Waals surface area contributed by atoms with Gasteiger partial charge in [0.2, 0.25) is 0 Å². The van der Waals surface area contributed by atoms with Crippen molar-refractivity contribution in [1.82, 2.24) is 4.98 Å². The molecule has 4 aromatic rings. The van der Waals surface area contributed by atoms with E-state index in [9.17, 15) is 0 Å². The molecule has 2 heteroatoms. The molecule has 1 heterocycles. The lowest BCUT2D eigenvalue weighted by Gasteiger charge is -2.37. The van der Waals surface area contributed by atoms with Crippen molar-refractivity contribution in [3.8, 4) is 0 Å². The molecule has 35 heavy (non-hydrogen) atoms. The summed E-state index contributed by atoms with van der Waals surface area (Å²) in [6.45, 7) is 5.67. The van der Waals surface area contributed by atoms with Crippen molar-refractivity contribution in [1.29, 1.82) is 0 Å². The van der Waals surface area contributed by atoms with E-state index < -0.39 is 0 Å². The van der Waals surface area contributed by atoms with Gasteiger partial charge in [-0.3, -0.25) is 0 Å². The molecule has 182 valence electrons. The molecule has 0 aliphatic carbocycles. The van der Waals surface area contributed by atoms with Crippen LogP contribution in [-0.4, -0.2) is 4.98 Å². The highest BCUT2D eigenvalue weighted by Crippen LogP contribution is 2.43. The molecule has 1 N–H and O–H groups in total. The van der Waals surface area contributed by atoms with Crippen molar-refractivity contribution in [3.05, 3.63) is 126 Å². The lowest BCUT2D eigenvalue weighted by molar-refractivity contribution is -0.696. The van der Waals surface area contributed by atoms with Crippen molar-refractivity contribution in [2.45, 2.75) is 76.7 Å². The minimum atomic E-state index is -0.0311. The number of hydrogen-bond donors (Lipinski definition) is 1. The molecule has 2 nitrogen and oxygen atoms in total. The first-order valence-corrected chi connectivity index (χ1v) is 13.4. The van der Waals surface area contributed by atoms with Crippen LogP contribution in [0, 0.1) is 0 Å². The molecule has 1 aromatic heterocycles. The Bertz CT molecular complexity index is 1120. The fraction of sp³-hybridized carbons (Fsp3) is 0.364. The van der Waals surface area contributed by atoms with Gasteiger partial charge >= 0.3 is 0 Å². The number of benzene rings is 3. The highest BCUT2D eigenvalue weighted by molar-refractivity contribution is 5.32. The Morgan fingerprint density at radius 2 is 1.34 bits per heavy atom. The smallest absolute Gasteiger partial charge is 0.247 e. The number of aromatic nitrogens is 2. The molecule has 0 saturated carbocycles. The summed E-state index contributed by atoms with van der Waals surface area (Å²) < 4.78 is 2.44. The minimum Gasteiger partial charge on any atom is -0.247 e. The van der Waals surface area contributed by atoms with Gasteiger partial charge in [0, 0.05) is 5.41 Å². The summed E-state index contributed by atoms with van der Waals surface area (Å²) in [7, 11) is 0. The van der Waals surface area contributed by atoms with Crippen molar-refractivity contribution in [2.75, 3.05) is 0 Å². The van der Waals surface area contributed by atoms with Crippen LogP contribution in [0.2, 0.25) is 0 Å². The Labute approximate surface area is 212 Å². The molecule has 2 atom stereocenters. The summed E-state index contributed by atoms with van der Waals surface area (Å²) in [6.07, 6.45) is 13.1. The Hall–Kier alpha value is -3.13. The van der Waals surface area contributed by atoms with Gasteiger partial charge in [-0.05, 0) is 29.5 Å². The van der Waals surface area contributed by atoms with Crippen LogP contribution in [0.4, 0.5) is 0 Å². The zero-order chi connectivity index (χ0) is 24.3. The van der Waals surface area contributed by atoms with E-state index in [4.69, 9.17) is 0 Å². The molecule has 0 aliphatic heterocycles. The molecular formula is C33H41N2+. The van der Waals surface area contributed by atoms with Gasteiger partial charge < -0.3 is 0 Å². The third-order valence-corrected chi connectivity index (χ3v) is 7.53. The van der Waals surface area contributed by atoms with E-state index in [0.717, 1.165) is 13.0 Å². The first-order chi connectivity index (χ1) is 17.2. The lowest BCUT2D eigenvalue weighted by atomic mass is 9.66. The van der Waals surface area contributed by atoms with Crippen LogP contribution in [0.15, 0.2) is 103 Å². The molecule has 4 rings (SSSR count). The highest BCUT2D eigenvalue weighted by atomic mass is 15.1. The van der Waals surface area contributed by atoms with Gasteiger partial charge in [-0.15, -0.1) is 0 Å². The topological polar surface area (TPSA) is 19.7 Å². The Morgan fingerprint density at radius 3 is 2.00 bits per heavy atom. The van der Waals surface area contributed by atoms with Gasteiger partial charge in [0.25, 0.3) is 5.82 Å². The van der Waals surface area contributed by atoms with Crippen LogP contribution in [0.3, 0.4) is 0 Å². The van der Waals surface area contributed by atoms with Crippen LogP contribution in [0.5, 0.6) is 0 Å². The largest absolute Gasteiger partial charge is 0.258 e. The van der Waals surface area contributed by atoms with E-state index in [1.54, 1.807) is 0 Å². The molecule has 0 amide bonds. The second-order valence-corrected chi connectivity index (χ2v) is 10.2. The van der Waals surface area contributed by atoms with E-state index >= 15 is 0 Å². The SMILES string of the molecule is CCCCCCCC(c1[nH]cc[n+]1Cc1ccccc1)C(C)(Cc1ccccc1)c1ccccc1. The van der Waals surface area contributed by atoms with Crippen molar-refractivity contribution in [2.24, 2.45) is 0 Å². The number of nitrogens with one attached hydrogen (secondary N) is 1. The normalized spacial score (nSPS) is 13.9. The molecule has 0 saturated heterocycles. The van der Waals surface area contributed by atoms with E-state index in [-0.39, 0.29) is 5.41 Å². The van der Waals surface area contributed by atoms with Gasteiger partial charge in [0.05, 0.1) is 5.92 Å². The predicted octanol–water partition coefficient (Wildman–Crippen LogP) is 8.00. The van der Waals surface area contributed by atoms with Gasteiger partial charge in [0.1, 0.15) is 18.9 Å². The fourth-order valence-corrected chi connectivity index (χ4v) is 5.57. The number of aromatic amines is 1. The van der Waals surface area contributed by atoms with Gasteiger partial charge in [-0.1, -0.05) is 137 Å². The van der Waals surface area contributed by atoms with E-state index in [0.29, 0.717) is 5.92 Å². The average molecular weight is 466 g/mol. The van der Waals surface area contributed by atoms with Gasteiger partial charge in [-0.2, -0.15) is 0 Å². The Kier molecular flexibility index (Phi) is 8.95. The zero-order valence-electron chi connectivity index (χ0n) is 21.5. The minimum absolute atomic E-state index is 0.0311. The van der Waals surface area contributed by atoms with Crippen LogP contribution < -0.4 is 4.57 Å². The van der Waals surface area contributed by atoms with Crippen molar-refractivity contribution < 1.29 is 4.57 Å². The maximum absolute atomic E-state index is 3.70. The number of H-pyrrole nitrogens is 1. The van der Waals surface area contributed by atoms with Crippen molar-refractivity contribution >= 4 is 0 Å². The van der Waals surface area contributed by atoms with Gasteiger partial charge in [-0.25, -0.2) is 9.55 Å². The number of nitrogens with zero attached hydrogens (tertiary/aromatic N) is 1. The molecule has 2 unspecified atom stereocenters. The number of unbranched alkanes of at least 4 members (excludes halogenated alkanes) is 4. The first-order valence-electron chi connectivity index (χ1n) is 13.4. The second kappa shape index (κ2) is 12.5. The monoisotopic (exact) mass is 465 g/mol. The highest BCUT2D eigenvalue weighted by Gasteiger charge is 2.42. The van der Waals surface area contributed by atoms with Crippen molar-refractivity contribution in [3.63, 3.8) is 0 Å². The van der Waals surface area contributed by atoms with E-state index in [1.165, 1.54) is 61.0 Å². The van der Waals surface area contributed by atoms with Crippen LogP contribution in [0.1, 0.15) is 80.8 Å². The fourth-order valence-electron chi connectivity index (χ4n) is 5.57. The standard InChI is InChI=1S/C33H40N2/c1-3-4-5-6-16-23-31(32-34-24-25-35(32)27-29-19-12-8-13-20-29)33(2,30-21-14-9-15-22-30)26-28-17-10-7-11-18-28/h7-15,17-22,24-25,31H,3-6,16,23,26-27H2,1-2H3/p+1. The summed E-state index contributed by atoms with van der Waals surface area (Å²) >= 11 is 0. The zero-order valence-corrected chi connectivity index (χ0v) is 21.5. The van der Waals surface area contributed by atoms with E-state index in [2.05, 4.69) is 127 Å². The Morgan fingerprint density at radius 1 is 0.743 bits per heavy atom. The second-order valence-electron chi connectivity index (χ2n) is 10.2. The Balaban J connectivity index is 1.72. The van der Waals surface area contributed by atoms with Crippen LogP contribution in [0.25, 0.3) is 0 Å². The number of hydrogen-bond acceptors (Lipinski definition) is 0. The molecule has 3 aromatic carbocycles. The molecular weight excluding hydrogens is 424 g/mol. The summed E-state index contributed by atoms with van der Waals surface area (Å²) in [5.41, 5.74) is 4.13. The molecule has 0 bridgehead atoms. The number of rotatable bonds is 13. The summed E-state index contributed by atoms with van der Waals surface area (Å²) in [5, 5.41) is 0. The summed E-state index contributed by atoms with van der Waals surface area (Å²) in [5.74, 6) is 1.72. The molecule has 0 radical (unpaired) electrons.